The molecule has 0 saturated heterocycles. The predicted molar refractivity (Wildman–Crippen MR) is 68.6 cm³/mol. The zero-order valence-electron chi connectivity index (χ0n) is 10.8. The van der Waals surface area contributed by atoms with Gasteiger partial charge in [0.2, 0.25) is 0 Å². The molecule has 0 fully saturated rings. The van der Waals surface area contributed by atoms with E-state index < -0.39 is 23.5 Å². The second kappa shape index (κ2) is 8.76. The largest absolute Gasteiger partial charge is 0.490 e. The molecule has 122 valence electrons. The van der Waals surface area contributed by atoms with Gasteiger partial charge < -0.3 is 19.6 Å². The van der Waals surface area contributed by atoms with Gasteiger partial charge in [0.1, 0.15) is 0 Å². The lowest BCUT2D eigenvalue weighted by atomic mass is 10.2. The molecule has 0 heterocycles. The minimum atomic E-state index is -5.40. The first kappa shape index (κ1) is 20.4. The monoisotopic (exact) mass is 356 g/mol. The van der Waals surface area contributed by atoms with Crippen LogP contribution in [0.5, 0.6) is 0 Å². The predicted octanol–water partition coefficient (Wildman–Crippen LogP) is 2.30. The summed E-state index contributed by atoms with van der Waals surface area (Å²) in [5.74, 6) is 0. The van der Waals surface area contributed by atoms with Crippen LogP contribution in [0.1, 0.15) is 39.0 Å². The third-order valence-electron chi connectivity index (χ3n) is 1.92. The standard InChI is InChI=1S/C7H19O10P3/c1-2-3-4-5-6-7-15-19(11,12)17-20(13,14)16-18(8,9)10/h2-7H2,1H3,(H,11,12)(H,13,14)(H2,8,9,10). The average Bonchev–Trinajstić information content (AvgIpc) is 2.17. The van der Waals surface area contributed by atoms with Crippen molar-refractivity contribution in [2.75, 3.05) is 6.61 Å². The van der Waals surface area contributed by atoms with Gasteiger partial charge >= 0.3 is 23.5 Å². The Morgan fingerprint density at radius 1 is 0.800 bits per heavy atom. The second-order valence-electron chi connectivity index (χ2n) is 3.84. The van der Waals surface area contributed by atoms with Crippen LogP contribution in [-0.2, 0) is 26.8 Å². The molecular weight excluding hydrogens is 337 g/mol. The summed E-state index contributed by atoms with van der Waals surface area (Å²) in [7, 11) is -15.7. The summed E-state index contributed by atoms with van der Waals surface area (Å²) < 4.78 is 44.1. The molecule has 2 atom stereocenters. The number of unbranched alkanes of at least 4 members (excludes halogenated alkanes) is 4. The van der Waals surface area contributed by atoms with Crippen LogP contribution in [0.15, 0.2) is 0 Å². The van der Waals surface area contributed by atoms with E-state index in [1.165, 1.54) is 0 Å². The molecule has 0 aromatic heterocycles. The summed E-state index contributed by atoms with van der Waals surface area (Å²) in [6.45, 7) is 1.82. The quantitative estimate of drug-likeness (QED) is 0.319. The molecule has 0 aliphatic heterocycles. The van der Waals surface area contributed by atoms with Crippen molar-refractivity contribution in [1.82, 2.24) is 0 Å². The lowest BCUT2D eigenvalue weighted by molar-refractivity contribution is 0.170. The smallest absolute Gasteiger partial charge is 0.302 e. The van der Waals surface area contributed by atoms with Crippen molar-refractivity contribution in [2.24, 2.45) is 0 Å². The minimum absolute atomic E-state index is 0.201. The highest BCUT2D eigenvalue weighted by atomic mass is 31.3. The summed E-state index contributed by atoms with van der Waals surface area (Å²) in [4.78, 5) is 34.6. The normalized spacial score (nSPS) is 18.4. The minimum Gasteiger partial charge on any atom is -0.302 e. The highest BCUT2D eigenvalue weighted by molar-refractivity contribution is 7.66. The molecule has 4 N–H and O–H groups in total. The van der Waals surface area contributed by atoms with E-state index in [-0.39, 0.29) is 6.61 Å². The summed E-state index contributed by atoms with van der Waals surface area (Å²) >= 11 is 0. The maximum Gasteiger partial charge on any atom is 0.490 e. The summed E-state index contributed by atoms with van der Waals surface area (Å²) in [6.07, 6.45) is 4.12. The van der Waals surface area contributed by atoms with Gasteiger partial charge in [0.25, 0.3) is 0 Å². The molecule has 0 saturated carbocycles. The van der Waals surface area contributed by atoms with Crippen molar-refractivity contribution in [3.63, 3.8) is 0 Å². The van der Waals surface area contributed by atoms with Crippen molar-refractivity contribution in [3.8, 4) is 0 Å². The van der Waals surface area contributed by atoms with Gasteiger partial charge in [0.15, 0.2) is 0 Å². The van der Waals surface area contributed by atoms with Crippen LogP contribution in [-0.4, -0.2) is 26.2 Å². The maximum absolute atomic E-state index is 11.3. The van der Waals surface area contributed by atoms with E-state index in [1.807, 2.05) is 6.92 Å². The molecule has 10 nitrogen and oxygen atoms in total. The van der Waals surface area contributed by atoms with Gasteiger partial charge in [0.05, 0.1) is 6.61 Å². The molecule has 0 aliphatic carbocycles. The second-order valence-corrected chi connectivity index (χ2v) is 8.26. The van der Waals surface area contributed by atoms with Crippen LogP contribution < -0.4 is 0 Å². The topological polar surface area (TPSA) is 160 Å². The Hall–Kier alpha value is 0.410. The van der Waals surface area contributed by atoms with Crippen molar-refractivity contribution in [1.29, 1.82) is 0 Å². The molecule has 0 aromatic rings. The van der Waals surface area contributed by atoms with E-state index in [1.54, 1.807) is 0 Å². The zero-order valence-corrected chi connectivity index (χ0v) is 13.5. The fourth-order valence-electron chi connectivity index (χ4n) is 1.19. The molecule has 0 amide bonds. The molecule has 0 radical (unpaired) electrons. The number of rotatable bonds is 11. The Kier molecular flexibility index (Phi) is 8.94. The number of hydrogen-bond acceptors (Lipinski definition) is 6. The maximum atomic E-state index is 11.3. The summed E-state index contributed by atoms with van der Waals surface area (Å²) in [6, 6.07) is 0. The van der Waals surface area contributed by atoms with Crippen LogP contribution in [0.2, 0.25) is 0 Å². The van der Waals surface area contributed by atoms with Crippen molar-refractivity contribution in [3.05, 3.63) is 0 Å². The zero-order chi connectivity index (χ0) is 15.9. The first-order valence-corrected chi connectivity index (χ1v) is 10.3. The molecular formula is C7H19O10P3. The number of hydrogen-bond donors (Lipinski definition) is 4. The van der Waals surface area contributed by atoms with Crippen LogP contribution in [0.25, 0.3) is 0 Å². The highest BCUT2D eigenvalue weighted by Crippen LogP contribution is 2.66. The van der Waals surface area contributed by atoms with Crippen LogP contribution in [0.3, 0.4) is 0 Å². The number of phosphoric ester groups is 1. The van der Waals surface area contributed by atoms with Gasteiger partial charge in [0, 0.05) is 0 Å². The SMILES string of the molecule is CCCCCCCOP(=O)(O)OP(=O)(O)OP(=O)(O)O. The Balaban J connectivity index is 4.15. The van der Waals surface area contributed by atoms with Gasteiger partial charge in [-0.1, -0.05) is 32.6 Å². The molecule has 13 heteroatoms. The molecule has 0 aliphatic rings. The third-order valence-corrected chi connectivity index (χ3v) is 5.75. The van der Waals surface area contributed by atoms with E-state index in [0.717, 1.165) is 25.7 Å². The fourth-order valence-corrected chi connectivity index (χ4v) is 4.24. The van der Waals surface area contributed by atoms with Crippen molar-refractivity contribution in [2.45, 2.75) is 39.0 Å². The highest BCUT2D eigenvalue weighted by Gasteiger charge is 2.40. The van der Waals surface area contributed by atoms with E-state index in [2.05, 4.69) is 13.1 Å². The first-order valence-electron chi connectivity index (χ1n) is 5.76. The van der Waals surface area contributed by atoms with Crippen LogP contribution >= 0.6 is 23.5 Å². The van der Waals surface area contributed by atoms with Crippen LogP contribution in [0, 0.1) is 0 Å². The van der Waals surface area contributed by atoms with E-state index in [4.69, 9.17) is 19.6 Å². The Morgan fingerprint density at radius 2 is 1.35 bits per heavy atom. The lowest BCUT2D eigenvalue weighted by Gasteiger charge is -2.15. The molecule has 20 heavy (non-hydrogen) atoms. The van der Waals surface area contributed by atoms with E-state index in [0.29, 0.717) is 6.42 Å². The van der Waals surface area contributed by atoms with Gasteiger partial charge in [-0.2, -0.15) is 8.62 Å². The van der Waals surface area contributed by atoms with Gasteiger partial charge in [-0.3, -0.25) is 4.52 Å². The van der Waals surface area contributed by atoms with Crippen molar-refractivity contribution >= 4 is 23.5 Å². The van der Waals surface area contributed by atoms with E-state index in [9.17, 15) is 13.7 Å². The molecule has 2 unspecified atom stereocenters. The third kappa shape index (κ3) is 12.2. The Morgan fingerprint density at radius 3 is 1.85 bits per heavy atom. The van der Waals surface area contributed by atoms with Gasteiger partial charge in [-0.25, -0.2) is 13.7 Å². The molecule has 0 bridgehead atoms. The van der Waals surface area contributed by atoms with Gasteiger partial charge in [-0.05, 0) is 6.42 Å². The molecule has 0 rings (SSSR count). The molecule has 0 aromatic carbocycles. The number of phosphoric acid groups is 3. The summed E-state index contributed by atoms with van der Waals surface area (Å²) in [5, 5.41) is 0. The van der Waals surface area contributed by atoms with Gasteiger partial charge in [-0.15, -0.1) is 0 Å². The van der Waals surface area contributed by atoms with E-state index >= 15 is 0 Å². The summed E-state index contributed by atoms with van der Waals surface area (Å²) in [5.41, 5.74) is 0. The Bertz CT molecular complexity index is 417. The Labute approximate surface area is 116 Å². The molecule has 0 spiro atoms. The average molecular weight is 356 g/mol. The lowest BCUT2D eigenvalue weighted by Crippen LogP contribution is -1.98. The van der Waals surface area contributed by atoms with Crippen molar-refractivity contribution < 1.29 is 46.4 Å². The van der Waals surface area contributed by atoms with Crippen LogP contribution in [0.4, 0.5) is 0 Å². The fraction of sp³-hybridized carbons (Fsp3) is 1.00. The first-order chi connectivity index (χ1) is 8.97.